The first kappa shape index (κ1) is 30.7. The van der Waals surface area contributed by atoms with Gasteiger partial charge in [-0.2, -0.15) is 10.1 Å². The van der Waals surface area contributed by atoms with Crippen LogP contribution in [0.25, 0.3) is 28.3 Å². The second-order valence-electron chi connectivity index (χ2n) is 13.0. The molecule has 2 aromatic carbocycles. The lowest BCUT2D eigenvalue weighted by atomic mass is 9.83. The van der Waals surface area contributed by atoms with E-state index in [-0.39, 0.29) is 23.8 Å². The fraction of sp³-hybridized carbons (Fsp3) is 0.441. The molecular weight excluding hydrogens is 572 g/mol. The van der Waals surface area contributed by atoms with E-state index in [1.165, 1.54) is 6.33 Å². The summed E-state index contributed by atoms with van der Waals surface area (Å²) in [5.41, 5.74) is 3.65. The summed E-state index contributed by atoms with van der Waals surface area (Å²) in [5, 5.41) is 18.7. The highest BCUT2D eigenvalue weighted by Crippen LogP contribution is 2.38. The van der Waals surface area contributed by atoms with Gasteiger partial charge in [-0.05, 0) is 75.6 Å². The molecule has 2 N–H and O–H groups in total. The van der Waals surface area contributed by atoms with E-state index in [1.54, 1.807) is 13.8 Å². The smallest absolute Gasteiger partial charge is 0.388 e. The molecule has 0 amide bonds. The first-order valence-electron chi connectivity index (χ1n) is 15.6. The Morgan fingerprint density at radius 1 is 1.11 bits per heavy atom. The van der Waals surface area contributed by atoms with Crippen molar-refractivity contribution in [2.45, 2.75) is 89.9 Å². The summed E-state index contributed by atoms with van der Waals surface area (Å²) in [5.74, 6) is 0.252. The van der Waals surface area contributed by atoms with E-state index in [2.05, 4.69) is 34.1 Å². The summed E-state index contributed by atoms with van der Waals surface area (Å²) in [6.07, 6.45) is 6.39. The van der Waals surface area contributed by atoms with E-state index in [4.69, 9.17) is 9.26 Å². The van der Waals surface area contributed by atoms with Crippen LogP contribution >= 0.6 is 0 Å². The standard InChI is InChI=1S/C34H40N6O5/c1-5-9-28-27(19-22-12-13-25(23-10-7-6-8-11-23)26(18-22)29-37-32(42)45-38-29)30(41)39(31-35-21-36-40(28)31)24-14-16-34(4,17-15-24)44-20-33(2,3)43/h6-8,10-13,18,21,24,43H,5,9,14-17,19-20H2,1-4H3,(H,37,38,42). The summed E-state index contributed by atoms with van der Waals surface area (Å²) in [7, 11) is 0. The summed E-state index contributed by atoms with van der Waals surface area (Å²) < 4.78 is 14.7. The number of benzene rings is 2. The quantitative estimate of drug-likeness (QED) is 0.222. The van der Waals surface area contributed by atoms with Crippen LogP contribution in [-0.4, -0.2) is 52.2 Å². The molecule has 3 heterocycles. The SMILES string of the molecule is CCCc1c(Cc2ccc(-c3ccccc3)c(-c3noc(=O)[nH]3)c2)c(=O)n(C2CCC(C)(OCC(C)(C)O)CC2)c2ncnn12. The predicted molar refractivity (Wildman–Crippen MR) is 170 cm³/mol. The highest BCUT2D eigenvalue weighted by Gasteiger charge is 2.35. The molecule has 0 atom stereocenters. The monoisotopic (exact) mass is 612 g/mol. The number of nitrogens with one attached hydrogen (secondary N) is 1. The fourth-order valence-corrected chi connectivity index (χ4v) is 6.36. The third-order valence-corrected chi connectivity index (χ3v) is 8.71. The van der Waals surface area contributed by atoms with E-state index < -0.39 is 11.4 Å². The van der Waals surface area contributed by atoms with Crippen molar-refractivity contribution in [2.24, 2.45) is 0 Å². The Balaban J connectivity index is 1.40. The van der Waals surface area contributed by atoms with Crippen molar-refractivity contribution in [1.29, 1.82) is 0 Å². The first-order chi connectivity index (χ1) is 21.5. The minimum Gasteiger partial charge on any atom is -0.388 e. The van der Waals surface area contributed by atoms with E-state index in [1.807, 2.05) is 57.6 Å². The van der Waals surface area contributed by atoms with Crippen LogP contribution in [0.2, 0.25) is 0 Å². The molecule has 0 aliphatic heterocycles. The molecule has 45 heavy (non-hydrogen) atoms. The molecule has 1 fully saturated rings. The number of fused-ring (bicyclic) bond motifs is 1. The van der Waals surface area contributed by atoms with Crippen molar-refractivity contribution in [2.75, 3.05) is 6.61 Å². The Labute approximate surface area is 260 Å². The normalized spacial score (nSPS) is 18.9. The van der Waals surface area contributed by atoms with Gasteiger partial charge >= 0.3 is 5.76 Å². The number of ether oxygens (including phenoxy) is 1. The van der Waals surface area contributed by atoms with Crippen molar-refractivity contribution < 1.29 is 14.4 Å². The van der Waals surface area contributed by atoms with Gasteiger partial charge in [-0.25, -0.2) is 9.31 Å². The number of aryl methyl sites for hydroxylation is 1. The van der Waals surface area contributed by atoms with Crippen LogP contribution < -0.4 is 11.3 Å². The highest BCUT2D eigenvalue weighted by atomic mass is 16.5. The Kier molecular flexibility index (Phi) is 8.32. The molecule has 1 aliphatic carbocycles. The second-order valence-corrected chi connectivity index (χ2v) is 13.0. The molecule has 0 spiro atoms. The van der Waals surface area contributed by atoms with Gasteiger partial charge in [0, 0.05) is 23.6 Å². The molecule has 11 heteroatoms. The minimum absolute atomic E-state index is 0.0614. The number of aliphatic hydroxyl groups is 1. The maximum atomic E-state index is 14.5. The third-order valence-electron chi connectivity index (χ3n) is 8.71. The molecule has 0 bridgehead atoms. The van der Waals surface area contributed by atoms with Crippen molar-refractivity contribution in [3.8, 4) is 22.5 Å². The van der Waals surface area contributed by atoms with Gasteiger partial charge in [-0.1, -0.05) is 61.0 Å². The van der Waals surface area contributed by atoms with Crippen LogP contribution in [0.3, 0.4) is 0 Å². The van der Waals surface area contributed by atoms with E-state index >= 15 is 0 Å². The van der Waals surface area contributed by atoms with Crippen molar-refractivity contribution in [1.82, 2.24) is 29.3 Å². The molecular formula is C34H40N6O5. The lowest BCUT2D eigenvalue weighted by molar-refractivity contribution is -0.117. The van der Waals surface area contributed by atoms with Gasteiger partial charge in [-0.3, -0.25) is 18.9 Å². The van der Waals surface area contributed by atoms with E-state index in [0.717, 1.165) is 54.5 Å². The average molecular weight is 613 g/mol. The molecule has 3 aromatic heterocycles. The van der Waals surface area contributed by atoms with Crippen LogP contribution in [0, 0.1) is 0 Å². The largest absolute Gasteiger partial charge is 0.439 e. The van der Waals surface area contributed by atoms with Crippen molar-refractivity contribution in [3.63, 3.8) is 0 Å². The Morgan fingerprint density at radius 3 is 2.53 bits per heavy atom. The zero-order valence-electron chi connectivity index (χ0n) is 26.2. The van der Waals surface area contributed by atoms with Gasteiger partial charge in [0.25, 0.3) is 5.56 Å². The van der Waals surface area contributed by atoms with E-state index in [9.17, 15) is 14.7 Å². The summed E-state index contributed by atoms with van der Waals surface area (Å²) in [6, 6.07) is 15.8. The zero-order chi connectivity index (χ0) is 31.8. The number of nitrogens with zero attached hydrogens (tertiary/aromatic N) is 5. The van der Waals surface area contributed by atoms with Crippen LogP contribution in [0.1, 0.15) is 82.7 Å². The second kappa shape index (κ2) is 12.2. The number of hydrogen-bond donors (Lipinski definition) is 2. The number of rotatable bonds is 10. The molecule has 0 saturated heterocycles. The number of aromatic nitrogens is 6. The summed E-state index contributed by atoms with van der Waals surface area (Å²) in [4.78, 5) is 33.6. The third kappa shape index (κ3) is 6.41. The minimum atomic E-state index is -0.906. The first-order valence-corrected chi connectivity index (χ1v) is 15.6. The van der Waals surface area contributed by atoms with Gasteiger partial charge < -0.3 is 9.84 Å². The molecule has 6 rings (SSSR count). The summed E-state index contributed by atoms with van der Waals surface area (Å²) in [6.45, 7) is 7.91. The summed E-state index contributed by atoms with van der Waals surface area (Å²) >= 11 is 0. The van der Waals surface area contributed by atoms with Gasteiger partial charge in [-0.15, -0.1) is 0 Å². The number of hydrogen-bond acceptors (Lipinski definition) is 8. The Hall–Kier alpha value is -4.35. The van der Waals surface area contributed by atoms with Gasteiger partial charge in [0.15, 0.2) is 5.82 Å². The van der Waals surface area contributed by atoms with Crippen LogP contribution in [0.4, 0.5) is 0 Å². The van der Waals surface area contributed by atoms with Gasteiger partial charge in [0.1, 0.15) is 6.33 Å². The van der Waals surface area contributed by atoms with Crippen LogP contribution in [-0.2, 0) is 17.6 Å². The molecule has 11 nitrogen and oxygen atoms in total. The lowest BCUT2D eigenvalue weighted by Crippen LogP contribution is -2.41. The molecule has 1 aliphatic rings. The molecule has 5 aromatic rings. The van der Waals surface area contributed by atoms with Gasteiger partial charge in [0.05, 0.1) is 23.5 Å². The maximum absolute atomic E-state index is 14.5. The maximum Gasteiger partial charge on any atom is 0.439 e. The topological polar surface area (TPSA) is 141 Å². The Bertz CT molecular complexity index is 1910. The van der Waals surface area contributed by atoms with Gasteiger partial charge in [0.2, 0.25) is 5.78 Å². The zero-order valence-corrected chi connectivity index (χ0v) is 26.2. The van der Waals surface area contributed by atoms with E-state index in [0.29, 0.717) is 35.6 Å². The molecule has 0 radical (unpaired) electrons. The molecule has 236 valence electrons. The van der Waals surface area contributed by atoms with Crippen LogP contribution in [0.15, 0.2) is 69.0 Å². The highest BCUT2D eigenvalue weighted by molar-refractivity contribution is 5.81. The number of H-pyrrole nitrogens is 1. The molecule has 0 unspecified atom stereocenters. The molecule has 1 saturated carbocycles. The lowest BCUT2D eigenvalue weighted by Gasteiger charge is -2.39. The van der Waals surface area contributed by atoms with Crippen LogP contribution in [0.5, 0.6) is 0 Å². The van der Waals surface area contributed by atoms with Crippen molar-refractivity contribution in [3.05, 3.63) is 92.6 Å². The average Bonchev–Trinajstić information content (AvgIpc) is 3.68. The Morgan fingerprint density at radius 2 is 1.87 bits per heavy atom. The predicted octanol–water partition coefficient (Wildman–Crippen LogP) is 5.11. The number of aromatic amines is 1. The van der Waals surface area contributed by atoms with Crippen molar-refractivity contribution >= 4 is 5.78 Å². The fourth-order valence-electron chi connectivity index (χ4n) is 6.36.